The van der Waals surface area contributed by atoms with Gasteiger partial charge in [0.25, 0.3) is 5.91 Å². The second-order valence-electron chi connectivity index (χ2n) is 3.59. The lowest BCUT2D eigenvalue weighted by molar-refractivity contribution is 0.102. The van der Waals surface area contributed by atoms with Gasteiger partial charge < -0.3 is 5.32 Å². The van der Waals surface area contributed by atoms with Gasteiger partial charge in [0.15, 0.2) is 0 Å². The molecule has 0 aliphatic heterocycles. The van der Waals surface area contributed by atoms with Gasteiger partial charge >= 0.3 is 0 Å². The fourth-order valence-electron chi connectivity index (χ4n) is 1.42. The molecule has 1 amide bonds. The zero-order chi connectivity index (χ0) is 13.1. The summed E-state index contributed by atoms with van der Waals surface area (Å²) in [6.07, 6.45) is 0. The Kier molecular flexibility index (Phi) is 3.90. The lowest BCUT2D eigenvalue weighted by Gasteiger charge is -2.06. The van der Waals surface area contributed by atoms with E-state index in [2.05, 4.69) is 27.9 Å². The Labute approximate surface area is 116 Å². The van der Waals surface area contributed by atoms with Crippen LogP contribution in [0.15, 0.2) is 42.5 Å². The number of benzene rings is 2. The molecule has 0 atom stereocenters. The molecule has 0 fully saturated rings. The first-order valence-corrected chi connectivity index (χ1v) is 6.16. The zero-order valence-electron chi connectivity index (χ0n) is 9.08. The molecular formula is C13H8F2INO. The van der Waals surface area contributed by atoms with E-state index < -0.39 is 17.5 Å². The van der Waals surface area contributed by atoms with E-state index in [4.69, 9.17) is 0 Å². The fraction of sp³-hybridized carbons (Fsp3) is 0. The van der Waals surface area contributed by atoms with E-state index >= 15 is 0 Å². The molecule has 0 unspecified atom stereocenters. The van der Waals surface area contributed by atoms with Crippen LogP contribution in [-0.4, -0.2) is 5.91 Å². The topological polar surface area (TPSA) is 29.1 Å². The molecule has 2 rings (SSSR count). The molecule has 2 aromatic carbocycles. The van der Waals surface area contributed by atoms with E-state index in [0.717, 1.165) is 15.7 Å². The average Bonchev–Trinajstić information content (AvgIpc) is 2.32. The second-order valence-corrected chi connectivity index (χ2v) is 4.83. The Balaban J connectivity index is 2.21. The Bertz CT molecular complexity index is 601. The van der Waals surface area contributed by atoms with E-state index in [-0.39, 0.29) is 5.69 Å². The van der Waals surface area contributed by atoms with Crippen molar-refractivity contribution >= 4 is 34.2 Å². The summed E-state index contributed by atoms with van der Waals surface area (Å²) in [4.78, 5) is 11.8. The van der Waals surface area contributed by atoms with Gasteiger partial charge in [-0.25, -0.2) is 8.78 Å². The quantitative estimate of drug-likeness (QED) is 0.812. The summed E-state index contributed by atoms with van der Waals surface area (Å²) in [5.41, 5.74) is 0.380. The van der Waals surface area contributed by atoms with Crippen molar-refractivity contribution in [3.8, 4) is 0 Å². The molecule has 18 heavy (non-hydrogen) atoms. The summed E-state index contributed by atoms with van der Waals surface area (Å²) >= 11 is 2.08. The monoisotopic (exact) mass is 359 g/mol. The van der Waals surface area contributed by atoms with Crippen LogP contribution in [0.2, 0.25) is 0 Å². The van der Waals surface area contributed by atoms with Gasteiger partial charge in [-0.3, -0.25) is 4.79 Å². The SMILES string of the molecule is O=C(Nc1ccc(F)cc1F)c1cccc(I)c1. The molecule has 0 aliphatic carbocycles. The molecular weight excluding hydrogens is 351 g/mol. The standard InChI is InChI=1S/C13H8F2INO/c14-9-4-5-12(11(15)7-9)17-13(18)8-2-1-3-10(16)6-8/h1-7H,(H,17,18). The number of nitrogens with one attached hydrogen (secondary N) is 1. The molecule has 2 nitrogen and oxygen atoms in total. The van der Waals surface area contributed by atoms with Gasteiger partial charge in [0.05, 0.1) is 5.69 Å². The number of rotatable bonds is 2. The smallest absolute Gasteiger partial charge is 0.255 e. The summed E-state index contributed by atoms with van der Waals surface area (Å²) in [6, 6.07) is 9.89. The maximum Gasteiger partial charge on any atom is 0.255 e. The highest BCUT2D eigenvalue weighted by molar-refractivity contribution is 14.1. The van der Waals surface area contributed by atoms with Crippen molar-refractivity contribution in [2.24, 2.45) is 0 Å². The molecule has 0 aromatic heterocycles. The molecule has 0 saturated heterocycles. The van der Waals surface area contributed by atoms with Gasteiger partial charge in [0.1, 0.15) is 11.6 Å². The number of anilines is 1. The lowest BCUT2D eigenvalue weighted by atomic mass is 10.2. The van der Waals surface area contributed by atoms with Crippen LogP contribution < -0.4 is 5.32 Å². The van der Waals surface area contributed by atoms with Crippen LogP contribution in [0.1, 0.15) is 10.4 Å². The fourth-order valence-corrected chi connectivity index (χ4v) is 1.96. The molecule has 1 N–H and O–H groups in total. The number of hydrogen-bond donors (Lipinski definition) is 1. The second kappa shape index (κ2) is 5.43. The summed E-state index contributed by atoms with van der Waals surface area (Å²) in [6.45, 7) is 0. The summed E-state index contributed by atoms with van der Waals surface area (Å²) in [7, 11) is 0. The highest BCUT2D eigenvalue weighted by atomic mass is 127. The third-order valence-electron chi connectivity index (χ3n) is 2.27. The minimum Gasteiger partial charge on any atom is -0.319 e. The van der Waals surface area contributed by atoms with E-state index in [1.165, 1.54) is 6.07 Å². The molecule has 0 bridgehead atoms. The maximum atomic E-state index is 13.3. The summed E-state index contributed by atoms with van der Waals surface area (Å²) < 4.78 is 27.0. The summed E-state index contributed by atoms with van der Waals surface area (Å²) in [5.74, 6) is -1.91. The molecule has 2 aromatic rings. The molecule has 0 spiro atoms. The van der Waals surface area contributed by atoms with Crippen LogP contribution in [-0.2, 0) is 0 Å². The van der Waals surface area contributed by atoms with Gasteiger partial charge in [-0.15, -0.1) is 0 Å². The molecule has 0 heterocycles. The predicted octanol–water partition coefficient (Wildman–Crippen LogP) is 3.82. The first kappa shape index (κ1) is 12.9. The van der Waals surface area contributed by atoms with Crippen LogP contribution in [0.4, 0.5) is 14.5 Å². The van der Waals surface area contributed by atoms with Gasteiger partial charge in [0, 0.05) is 15.2 Å². The Morgan fingerprint density at radius 3 is 2.56 bits per heavy atom. The first-order chi connectivity index (χ1) is 8.56. The molecule has 0 saturated carbocycles. The minimum atomic E-state index is -0.797. The van der Waals surface area contributed by atoms with Crippen molar-refractivity contribution in [1.82, 2.24) is 0 Å². The lowest BCUT2D eigenvalue weighted by Crippen LogP contribution is -2.13. The van der Waals surface area contributed by atoms with Crippen LogP contribution in [0.25, 0.3) is 0 Å². The largest absolute Gasteiger partial charge is 0.319 e. The van der Waals surface area contributed by atoms with Crippen molar-refractivity contribution in [3.63, 3.8) is 0 Å². The van der Waals surface area contributed by atoms with Crippen molar-refractivity contribution in [1.29, 1.82) is 0 Å². The third kappa shape index (κ3) is 3.04. The molecule has 0 radical (unpaired) electrons. The third-order valence-corrected chi connectivity index (χ3v) is 2.94. The van der Waals surface area contributed by atoms with E-state index in [1.807, 2.05) is 6.07 Å². The zero-order valence-corrected chi connectivity index (χ0v) is 11.2. The van der Waals surface area contributed by atoms with Gasteiger partial charge in [-0.2, -0.15) is 0 Å². The Morgan fingerprint density at radius 2 is 1.89 bits per heavy atom. The van der Waals surface area contributed by atoms with Crippen LogP contribution in [0, 0.1) is 15.2 Å². The van der Waals surface area contributed by atoms with Gasteiger partial charge in [0.2, 0.25) is 0 Å². The van der Waals surface area contributed by atoms with Gasteiger partial charge in [-0.05, 0) is 52.9 Å². The number of hydrogen-bond acceptors (Lipinski definition) is 1. The van der Waals surface area contributed by atoms with E-state index in [0.29, 0.717) is 5.56 Å². The normalized spacial score (nSPS) is 10.2. The summed E-state index contributed by atoms with van der Waals surface area (Å²) in [5, 5.41) is 2.40. The minimum absolute atomic E-state index is 0.0414. The number of halogens is 3. The average molecular weight is 359 g/mol. The highest BCUT2D eigenvalue weighted by Crippen LogP contribution is 2.16. The highest BCUT2D eigenvalue weighted by Gasteiger charge is 2.10. The van der Waals surface area contributed by atoms with Gasteiger partial charge in [-0.1, -0.05) is 6.07 Å². The van der Waals surface area contributed by atoms with E-state index in [1.54, 1.807) is 18.2 Å². The number of carbonyl (C=O) groups excluding carboxylic acids is 1. The maximum absolute atomic E-state index is 13.3. The van der Waals surface area contributed by atoms with Crippen molar-refractivity contribution in [2.75, 3.05) is 5.32 Å². The van der Waals surface area contributed by atoms with Crippen molar-refractivity contribution < 1.29 is 13.6 Å². The van der Waals surface area contributed by atoms with Crippen LogP contribution in [0.5, 0.6) is 0 Å². The van der Waals surface area contributed by atoms with Crippen LogP contribution in [0.3, 0.4) is 0 Å². The Hall–Kier alpha value is -1.50. The Morgan fingerprint density at radius 1 is 1.11 bits per heavy atom. The number of carbonyl (C=O) groups is 1. The molecule has 5 heteroatoms. The molecule has 92 valence electrons. The predicted molar refractivity (Wildman–Crippen MR) is 73.5 cm³/mol. The number of amides is 1. The van der Waals surface area contributed by atoms with E-state index in [9.17, 15) is 13.6 Å². The first-order valence-electron chi connectivity index (χ1n) is 5.08. The van der Waals surface area contributed by atoms with Crippen molar-refractivity contribution in [2.45, 2.75) is 0 Å². The van der Waals surface area contributed by atoms with Crippen molar-refractivity contribution in [3.05, 3.63) is 63.2 Å². The molecule has 0 aliphatic rings. The van der Waals surface area contributed by atoms with Crippen LogP contribution >= 0.6 is 22.6 Å².